The SMILES string of the molecule is Cc1cc(N2CCCCCC2CO)ccc1CNC1CC1. The molecule has 1 heterocycles. The molecule has 2 N–H and O–H groups in total. The number of aliphatic hydroxyl groups excluding tert-OH is 1. The van der Waals surface area contributed by atoms with E-state index in [4.69, 9.17) is 0 Å². The normalized spacial score (nSPS) is 23.1. The van der Waals surface area contributed by atoms with Gasteiger partial charge in [0.2, 0.25) is 0 Å². The summed E-state index contributed by atoms with van der Waals surface area (Å²) in [4.78, 5) is 2.41. The minimum absolute atomic E-state index is 0.268. The molecule has 1 atom stereocenters. The molecule has 0 bridgehead atoms. The maximum Gasteiger partial charge on any atom is 0.0635 e. The second kappa shape index (κ2) is 6.80. The number of hydrogen-bond donors (Lipinski definition) is 2. The van der Waals surface area contributed by atoms with Crippen molar-refractivity contribution in [1.29, 1.82) is 0 Å². The van der Waals surface area contributed by atoms with Crippen molar-refractivity contribution in [3.63, 3.8) is 0 Å². The molecular weight excluding hydrogens is 260 g/mol. The van der Waals surface area contributed by atoms with E-state index in [0.717, 1.165) is 25.6 Å². The molecule has 1 aliphatic carbocycles. The molecule has 2 aliphatic rings. The van der Waals surface area contributed by atoms with Gasteiger partial charge in [-0.1, -0.05) is 18.9 Å². The highest BCUT2D eigenvalue weighted by molar-refractivity contribution is 5.52. The standard InChI is InChI=1S/C18H28N2O/c1-14-11-17(9-6-15(14)12-19-16-7-8-16)20-10-4-2-3-5-18(20)13-21/h6,9,11,16,18-19,21H,2-5,7-8,10,12-13H2,1H3. The molecule has 1 aliphatic heterocycles. The topological polar surface area (TPSA) is 35.5 Å². The highest BCUT2D eigenvalue weighted by atomic mass is 16.3. The first kappa shape index (κ1) is 14.9. The first-order valence-corrected chi connectivity index (χ1v) is 8.48. The second-order valence-electron chi connectivity index (χ2n) is 6.65. The van der Waals surface area contributed by atoms with Crippen LogP contribution in [-0.4, -0.2) is 30.3 Å². The molecule has 3 rings (SSSR count). The molecule has 0 amide bonds. The summed E-state index contributed by atoms with van der Waals surface area (Å²) in [5, 5.41) is 13.3. The molecule has 2 fully saturated rings. The van der Waals surface area contributed by atoms with Crippen LogP contribution in [-0.2, 0) is 6.54 Å². The van der Waals surface area contributed by atoms with Crippen molar-refractivity contribution in [2.24, 2.45) is 0 Å². The lowest BCUT2D eigenvalue weighted by molar-refractivity contribution is 0.255. The summed E-state index contributed by atoms with van der Waals surface area (Å²) >= 11 is 0. The third-order valence-electron chi connectivity index (χ3n) is 4.90. The summed E-state index contributed by atoms with van der Waals surface area (Å²) in [5.74, 6) is 0. The quantitative estimate of drug-likeness (QED) is 0.874. The van der Waals surface area contributed by atoms with E-state index in [0.29, 0.717) is 6.04 Å². The molecule has 0 aromatic heterocycles. The van der Waals surface area contributed by atoms with Crippen molar-refractivity contribution in [3.8, 4) is 0 Å². The number of aryl methyl sites for hydroxylation is 1. The molecule has 1 aromatic rings. The number of benzene rings is 1. The average molecular weight is 288 g/mol. The predicted molar refractivity (Wildman–Crippen MR) is 87.7 cm³/mol. The van der Waals surface area contributed by atoms with Crippen LogP contribution < -0.4 is 10.2 Å². The Morgan fingerprint density at radius 1 is 1.19 bits per heavy atom. The van der Waals surface area contributed by atoms with Crippen LogP contribution in [0.5, 0.6) is 0 Å². The number of aliphatic hydroxyl groups is 1. The zero-order valence-electron chi connectivity index (χ0n) is 13.1. The number of rotatable bonds is 5. The van der Waals surface area contributed by atoms with E-state index in [1.807, 2.05) is 0 Å². The van der Waals surface area contributed by atoms with Gasteiger partial charge in [0.05, 0.1) is 12.6 Å². The van der Waals surface area contributed by atoms with Crippen LogP contribution in [0.4, 0.5) is 5.69 Å². The smallest absolute Gasteiger partial charge is 0.0635 e. The summed E-state index contributed by atoms with van der Waals surface area (Å²) < 4.78 is 0. The Morgan fingerprint density at radius 2 is 2.05 bits per heavy atom. The minimum Gasteiger partial charge on any atom is -0.394 e. The number of hydrogen-bond acceptors (Lipinski definition) is 3. The Hall–Kier alpha value is -1.06. The van der Waals surface area contributed by atoms with Crippen molar-refractivity contribution < 1.29 is 5.11 Å². The van der Waals surface area contributed by atoms with Gasteiger partial charge >= 0.3 is 0 Å². The zero-order valence-corrected chi connectivity index (χ0v) is 13.1. The van der Waals surface area contributed by atoms with E-state index in [-0.39, 0.29) is 6.61 Å². The molecule has 1 saturated carbocycles. The van der Waals surface area contributed by atoms with Gasteiger partial charge < -0.3 is 15.3 Å². The Balaban J connectivity index is 1.72. The van der Waals surface area contributed by atoms with Crippen LogP contribution in [0.1, 0.15) is 49.7 Å². The Morgan fingerprint density at radius 3 is 2.76 bits per heavy atom. The molecule has 3 heteroatoms. The maximum atomic E-state index is 9.67. The summed E-state index contributed by atoms with van der Waals surface area (Å²) in [7, 11) is 0. The van der Waals surface area contributed by atoms with Crippen LogP contribution in [0.3, 0.4) is 0 Å². The van der Waals surface area contributed by atoms with E-state index >= 15 is 0 Å². The van der Waals surface area contributed by atoms with E-state index in [9.17, 15) is 5.11 Å². The van der Waals surface area contributed by atoms with Gasteiger partial charge in [0.1, 0.15) is 0 Å². The molecular formula is C18H28N2O. The number of nitrogens with zero attached hydrogens (tertiary/aromatic N) is 1. The van der Waals surface area contributed by atoms with E-state index in [2.05, 4.69) is 35.3 Å². The molecule has 0 spiro atoms. The fourth-order valence-corrected chi connectivity index (χ4v) is 3.31. The average Bonchev–Trinajstić information content (AvgIpc) is 3.32. The first-order valence-electron chi connectivity index (χ1n) is 8.48. The monoisotopic (exact) mass is 288 g/mol. The van der Waals surface area contributed by atoms with Gasteiger partial charge in [0, 0.05) is 24.8 Å². The summed E-state index contributed by atoms with van der Waals surface area (Å²) in [6, 6.07) is 7.86. The molecule has 1 aromatic carbocycles. The van der Waals surface area contributed by atoms with Gasteiger partial charge in [-0.05, 0) is 55.9 Å². The van der Waals surface area contributed by atoms with E-state index in [1.165, 1.54) is 48.9 Å². The lowest BCUT2D eigenvalue weighted by Gasteiger charge is -2.31. The lowest BCUT2D eigenvalue weighted by Crippen LogP contribution is -2.37. The number of anilines is 1. The lowest BCUT2D eigenvalue weighted by atomic mass is 10.1. The van der Waals surface area contributed by atoms with Gasteiger partial charge in [0.15, 0.2) is 0 Å². The van der Waals surface area contributed by atoms with Crippen LogP contribution in [0, 0.1) is 6.92 Å². The van der Waals surface area contributed by atoms with E-state index < -0.39 is 0 Å². The van der Waals surface area contributed by atoms with Gasteiger partial charge in [-0.15, -0.1) is 0 Å². The third kappa shape index (κ3) is 3.78. The minimum atomic E-state index is 0.268. The van der Waals surface area contributed by atoms with Gasteiger partial charge in [0.25, 0.3) is 0 Å². The van der Waals surface area contributed by atoms with Crippen molar-refractivity contribution in [2.45, 2.75) is 64.1 Å². The Bertz CT molecular complexity index is 470. The third-order valence-corrected chi connectivity index (χ3v) is 4.90. The second-order valence-corrected chi connectivity index (χ2v) is 6.65. The van der Waals surface area contributed by atoms with Gasteiger partial charge in [-0.3, -0.25) is 0 Å². The molecule has 116 valence electrons. The molecule has 1 unspecified atom stereocenters. The predicted octanol–water partition coefficient (Wildman–Crippen LogP) is 2.99. The molecule has 21 heavy (non-hydrogen) atoms. The fraction of sp³-hybridized carbons (Fsp3) is 0.667. The fourth-order valence-electron chi connectivity index (χ4n) is 3.31. The summed E-state index contributed by atoms with van der Waals surface area (Å²) in [6.45, 7) is 4.54. The Kier molecular flexibility index (Phi) is 4.81. The largest absolute Gasteiger partial charge is 0.394 e. The van der Waals surface area contributed by atoms with Crippen molar-refractivity contribution in [1.82, 2.24) is 5.32 Å². The van der Waals surface area contributed by atoms with Crippen LogP contribution in [0.15, 0.2) is 18.2 Å². The number of nitrogens with one attached hydrogen (secondary N) is 1. The van der Waals surface area contributed by atoms with Crippen molar-refractivity contribution in [3.05, 3.63) is 29.3 Å². The maximum absolute atomic E-state index is 9.67. The van der Waals surface area contributed by atoms with Crippen molar-refractivity contribution >= 4 is 5.69 Å². The van der Waals surface area contributed by atoms with Crippen LogP contribution in [0.2, 0.25) is 0 Å². The van der Waals surface area contributed by atoms with Gasteiger partial charge in [-0.2, -0.15) is 0 Å². The van der Waals surface area contributed by atoms with Gasteiger partial charge in [-0.25, -0.2) is 0 Å². The summed E-state index contributed by atoms with van der Waals surface area (Å²) in [5.41, 5.74) is 4.05. The molecule has 1 saturated heterocycles. The van der Waals surface area contributed by atoms with E-state index in [1.54, 1.807) is 0 Å². The van der Waals surface area contributed by atoms with Crippen molar-refractivity contribution in [2.75, 3.05) is 18.1 Å². The highest BCUT2D eigenvalue weighted by Crippen LogP contribution is 2.27. The molecule has 3 nitrogen and oxygen atoms in total. The summed E-state index contributed by atoms with van der Waals surface area (Å²) in [6.07, 6.45) is 7.55. The zero-order chi connectivity index (χ0) is 14.7. The first-order chi connectivity index (χ1) is 10.3. The Labute approximate surface area is 128 Å². The van der Waals surface area contributed by atoms with Crippen LogP contribution in [0.25, 0.3) is 0 Å². The molecule has 0 radical (unpaired) electrons. The highest BCUT2D eigenvalue weighted by Gasteiger charge is 2.22. The van der Waals surface area contributed by atoms with Crippen LogP contribution >= 0.6 is 0 Å².